The van der Waals surface area contributed by atoms with E-state index in [1.165, 1.54) is 11.3 Å². The van der Waals surface area contributed by atoms with Gasteiger partial charge in [0.05, 0.1) is 25.1 Å². The maximum atomic E-state index is 12.6. The zero-order valence-corrected chi connectivity index (χ0v) is 16.8. The Morgan fingerprint density at radius 1 is 1.46 bits per heavy atom. The van der Waals surface area contributed by atoms with Crippen molar-refractivity contribution >= 4 is 27.5 Å². The van der Waals surface area contributed by atoms with E-state index in [0.29, 0.717) is 22.6 Å². The molecule has 148 valence electrons. The molecule has 3 aromatic rings. The lowest BCUT2D eigenvalue weighted by Crippen LogP contribution is -2.36. The molecule has 0 radical (unpaired) electrons. The van der Waals surface area contributed by atoms with E-state index in [1.54, 1.807) is 40.1 Å². The van der Waals surface area contributed by atoms with Crippen molar-refractivity contribution in [3.8, 4) is 10.4 Å². The normalized spacial score (nSPS) is 19.6. The highest BCUT2D eigenvalue weighted by Crippen LogP contribution is 2.38. The Bertz CT molecular complexity index is 1130. The quantitative estimate of drug-likeness (QED) is 0.647. The van der Waals surface area contributed by atoms with Crippen LogP contribution in [0.1, 0.15) is 39.0 Å². The Hall–Kier alpha value is -2.49. The van der Waals surface area contributed by atoms with Gasteiger partial charge < -0.3 is 19.6 Å². The average Bonchev–Trinajstić information content (AvgIpc) is 3.21. The number of carbonyl (C=O) groups excluding carboxylic acids is 1. The first kappa shape index (κ1) is 18.9. The molecule has 0 amide bonds. The highest BCUT2D eigenvalue weighted by molar-refractivity contribution is 7.22. The van der Waals surface area contributed by atoms with Crippen LogP contribution in [0, 0.1) is 0 Å². The number of thiophene rings is 1. The monoisotopic (exact) mass is 403 g/mol. The van der Waals surface area contributed by atoms with Crippen LogP contribution < -0.4 is 5.56 Å². The zero-order chi connectivity index (χ0) is 20.3. The molecule has 1 unspecified atom stereocenters. The van der Waals surface area contributed by atoms with Crippen molar-refractivity contribution in [3.63, 3.8) is 0 Å². The molecule has 0 saturated heterocycles. The first-order valence-corrected chi connectivity index (χ1v) is 9.64. The van der Waals surface area contributed by atoms with Gasteiger partial charge in [-0.25, -0.2) is 4.79 Å². The lowest BCUT2D eigenvalue weighted by atomic mass is 9.94. The number of fused-ring (bicyclic) bond motifs is 3. The van der Waals surface area contributed by atoms with Gasteiger partial charge in [0, 0.05) is 27.6 Å². The number of hydrogen-bond donors (Lipinski definition) is 2. The van der Waals surface area contributed by atoms with E-state index in [4.69, 9.17) is 9.47 Å². The van der Waals surface area contributed by atoms with Crippen LogP contribution in [-0.2, 0) is 21.7 Å². The molecule has 2 N–H and O–H groups in total. The summed E-state index contributed by atoms with van der Waals surface area (Å²) in [6, 6.07) is 1.87. The molecule has 4 heterocycles. The van der Waals surface area contributed by atoms with Gasteiger partial charge in [-0.2, -0.15) is 9.78 Å². The van der Waals surface area contributed by atoms with Gasteiger partial charge in [0.15, 0.2) is 0 Å². The number of aliphatic hydroxyl groups is 1. The summed E-state index contributed by atoms with van der Waals surface area (Å²) in [7, 11) is 0. The number of ether oxygens (including phenoxy) is 2. The summed E-state index contributed by atoms with van der Waals surface area (Å²) < 4.78 is 12.5. The minimum absolute atomic E-state index is 0.126. The van der Waals surface area contributed by atoms with E-state index in [2.05, 4.69) is 10.1 Å². The summed E-state index contributed by atoms with van der Waals surface area (Å²) in [5, 5.41) is 15.4. The Balaban J connectivity index is 1.77. The Kier molecular flexibility index (Phi) is 4.22. The molecule has 1 aliphatic rings. The molecule has 28 heavy (non-hydrogen) atoms. The fourth-order valence-electron chi connectivity index (χ4n) is 3.20. The lowest BCUT2D eigenvalue weighted by Gasteiger charge is -2.30. The third kappa shape index (κ3) is 3.25. The fraction of sp³-hybridized carbons (Fsp3) is 0.421. The second kappa shape index (κ2) is 6.26. The number of rotatable bonds is 1. The molecule has 0 spiro atoms. The molecule has 4 rings (SSSR count). The average molecular weight is 403 g/mol. The standard InChI is InChI=1S/C19H21N3O5S/c1-18(2,3)27-17(24)22-7-10(6-20-22)13-5-11-12-8-26-9-19(4,25)15(12)21-16(23)14(11)28-13/h5-7,25H,8-9H2,1-4H3,(H,21,23). The van der Waals surface area contributed by atoms with E-state index in [9.17, 15) is 14.7 Å². The molecule has 0 aromatic carbocycles. The van der Waals surface area contributed by atoms with Crippen LogP contribution in [-0.4, -0.2) is 38.2 Å². The van der Waals surface area contributed by atoms with Crippen molar-refractivity contribution < 1.29 is 19.4 Å². The van der Waals surface area contributed by atoms with E-state index < -0.39 is 17.3 Å². The first-order valence-electron chi connectivity index (χ1n) is 8.83. The summed E-state index contributed by atoms with van der Waals surface area (Å²) in [5.74, 6) is 0. The van der Waals surface area contributed by atoms with Gasteiger partial charge in [-0.05, 0) is 33.8 Å². The van der Waals surface area contributed by atoms with Crippen LogP contribution in [0.4, 0.5) is 4.79 Å². The van der Waals surface area contributed by atoms with Crippen molar-refractivity contribution in [2.24, 2.45) is 0 Å². The third-order valence-corrected chi connectivity index (χ3v) is 5.60. The fourth-order valence-corrected chi connectivity index (χ4v) is 4.25. The Morgan fingerprint density at radius 2 is 2.21 bits per heavy atom. The highest BCUT2D eigenvalue weighted by atomic mass is 32.1. The Morgan fingerprint density at radius 3 is 2.93 bits per heavy atom. The largest absolute Gasteiger partial charge is 0.442 e. The van der Waals surface area contributed by atoms with Crippen molar-refractivity contribution in [1.29, 1.82) is 0 Å². The van der Waals surface area contributed by atoms with Gasteiger partial charge in [-0.15, -0.1) is 11.3 Å². The molecule has 0 fully saturated rings. The summed E-state index contributed by atoms with van der Waals surface area (Å²) in [4.78, 5) is 28.3. The topological polar surface area (TPSA) is 106 Å². The SMILES string of the molecule is CC(C)(C)OC(=O)n1cc(-c2cc3c4c([nH]c(=O)c3s2)C(C)(O)COC4)cn1. The van der Waals surface area contributed by atoms with Crippen LogP contribution in [0.25, 0.3) is 20.5 Å². The van der Waals surface area contributed by atoms with Gasteiger partial charge in [0.2, 0.25) is 0 Å². The van der Waals surface area contributed by atoms with Gasteiger partial charge in [-0.3, -0.25) is 4.79 Å². The van der Waals surface area contributed by atoms with Crippen molar-refractivity contribution in [1.82, 2.24) is 14.8 Å². The number of carbonyl (C=O) groups is 1. The predicted molar refractivity (Wildman–Crippen MR) is 105 cm³/mol. The van der Waals surface area contributed by atoms with Crippen molar-refractivity contribution in [2.45, 2.75) is 45.5 Å². The molecule has 0 aliphatic carbocycles. The van der Waals surface area contributed by atoms with Crippen LogP contribution in [0.2, 0.25) is 0 Å². The molecular weight excluding hydrogens is 382 g/mol. The summed E-state index contributed by atoms with van der Waals surface area (Å²) in [5.41, 5.74) is -0.164. The van der Waals surface area contributed by atoms with Crippen LogP contribution in [0.15, 0.2) is 23.3 Å². The molecule has 0 saturated carbocycles. The summed E-state index contributed by atoms with van der Waals surface area (Å²) >= 11 is 1.30. The van der Waals surface area contributed by atoms with E-state index in [1.807, 2.05) is 6.07 Å². The highest BCUT2D eigenvalue weighted by Gasteiger charge is 2.33. The zero-order valence-electron chi connectivity index (χ0n) is 16.0. The minimum atomic E-state index is -1.25. The predicted octanol–water partition coefficient (Wildman–Crippen LogP) is 2.97. The first-order chi connectivity index (χ1) is 13.0. The second-order valence-electron chi connectivity index (χ2n) is 8.08. The minimum Gasteiger partial charge on any atom is -0.442 e. The van der Waals surface area contributed by atoms with Crippen molar-refractivity contribution in [2.75, 3.05) is 6.61 Å². The third-order valence-electron chi connectivity index (χ3n) is 4.42. The van der Waals surface area contributed by atoms with Gasteiger partial charge in [0.1, 0.15) is 15.9 Å². The number of aromatic nitrogens is 3. The maximum absolute atomic E-state index is 12.6. The number of pyridine rings is 1. The smallest absolute Gasteiger partial charge is 0.435 e. The lowest BCUT2D eigenvalue weighted by molar-refractivity contribution is -0.0631. The summed E-state index contributed by atoms with van der Waals surface area (Å²) in [6.07, 6.45) is 2.56. The summed E-state index contributed by atoms with van der Waals surface area (Å²) in [6.45, 7) is 7.41. The molecule has 0 bridgehead atoms. The number of H-pyrrole nitrogens is 1. The number of nitrogens with one attached hydrogen (secondary N) is 1. The van der Waals surface area contributed by atoms with Crippen LogP contribution in [0.3, 0.4) is 0 Å². The molecule has 8 nitrogen and oxygen atoms in total. The number of hydrogen-bond acceptors (Lipinski definition) is 7. The number of aromatic amines is 1. The van der Waals surface area contributed by atoms with Crippen LogP contribution in [0.5, 0.6) is 0 Å². The molecular formula is C19H21N3O5S. The second-order valence-corrected chi connectivity index (χ2v) is 9.13. The van der Waals surface area contributed by atoms with Crippen molar-refractivity contribution in [3.05, 3.63) is 40.1 Å². The number of nitrogens with zero attached hydrogens (tertiary/aromatic N) is 2. The van der Waals surface area contributed by atoms with Crippen LogP contribution >= 0.6 is 11.3 Å². The van der Waals surface area contributed by atoms with E-state index in [0.717, 1.165) is 20.5 Å². The van der Waals surface area contributed by atoms with Gasteiger partial charge in [0.25, 0.3) is 5.56 Å². The molecule has 3 aromatic heterocycles. The van der Waals surface area contributed by atoms with Gasteiger partial charge >= 0.3 is 6.09 Å². The molecule has 1 atom stereocenters. The molecule has 9 heteroatoms. The van der Waals surface area contributed by atoms with E-state index >= 15 is 0 Å². The van der Waals surface area contributed by atoms with Gasteiger partial charge in [-0.1, -0.05) is 0 Å². The molecule has 1 aliphatic heterocycles. The Labute approximate surface area is 164 Å². The van der Waals surface area contributed by atoms with E-state index in [-0.39, 0.29) is 12.2 Å². The maximum Gasteiger partial charge on any atom is 0.435 e.